The third-order valence-electron chi connectivity index (χ3n) is 4.88. The Bertz CT molecular complexity index is 1210. The smallest absolute Gasteiger partial charge is 0.273 e. The molecule has 0 aliphatic rings. The van der Waals surface area contributed by atoms with Crippen LogP contribution in [0.15, 0.2) is 76.0 Å². The maximum Gasteiger partial charge on any atom is 0.273 e. The minimum Gasteiger partial charge on any atom is -0.467 e. The molecule has 0 saturated heterocycles. The summed E-state index contributed by atoms with van der Waals surface area (Å²) < 4.78 is 24.1. The third kappa shape index (κ3) is 6.44. The highest BCUT2D eigenvalue weighted by atomic mass is 35.5. The SMILES string of the molecule is O=C(NCc1ccco1)c1coc(CN(Cc2ccc(F)cc2)Cc2ccc(Cl)cc2Cl)n1. The second kappa shape index (κ2) is 10.7. The van der Waals surface area contributed by atoms with Gasteiger partial charge in [-0.15, -0.1) is 0 Å². The maximum absolute atomic E-state index is 13.3. The van der Waals surface area contributed by atoms with Gasteiger partial charge in [0, 0.05) is 23.1 Å². The molecule has 170 valence electrons. The summed E-state index contributed by atoms with van der Waals surface area (Å²) in [5.74, 6) is 0.332. The van der Waals surface area contributed by atoms with Crippen molar-refractivity contribution in [2.24, 2.45) is 0 Å². The Balaban J connectivity index is 1.47. The molecule has 1 N–H and O–H groups in total. The summed E-state index contributed by atoms with van der Waals surface area (Å²) >= 11 is 12.4. The largest absolute Gasteiger partial charge is 0.467 e. The zero-order valence-electron chi connectivity index (χ0n) is 17.4. The number of hydrogen-bond acceptors (Lipinski definition) is 5. The zero-order chi connectivity index (χ0) is 23.2. The van der Waals surface area contributed by atoms with Crippen LogP contribution in [0.3, 0.4) is 0 Å². The monoisotopic (exact) mass is 487 g/mol. The summed E-state index contributed by atoms with van der Waals surface area (Å²) in [5.41, 5.74) is 1.94. The highest BCUT2D eigenvalue weighted by Crippen LogP contribution is 2.24. The van der Waals surface area contributed by atoms with E-state index in [1.807, 2.05) is 11.0 Å². The van der Waals surface area contributed by atoms with Crippen molar-refractivity contribution in [3.05, 3.63) is 111 Å². The van der Waals surface area contributed by atoms with Crippen LogP contribution in [0.5, 0.6) is 0 Å². The van der Waals surface area contributed by atoms with Gasteiger partial charge in [-0.05, 0) is 47.5 Å². The first-order chi connectivity index (χ1) is 16.0. The minimum atomic E-state index is -0.368. The fourth-order valence-electron chi connectivity index (χ4n) is 3.26. The molecule has 0 aliphatic carbocycles. The number of rotatable bonds is 9. The molecule has 33 heavy (non-hydrogen) atoms. The minimum absolute atomic E-state index is 0.169. The van der Waals surface area contributed by atoms with E-state index in [1.54, 1.807) is 42.7 Å². The van der Waals surface area contributed by atoms with Gasteiger partial charge >= 0.3 is 0 Å². The van der Waals surface area contributed by atoms with Crippen LogP contribution < -0.4 is 5.32 Å². The van der Waals surface area contributed by atoms with Crippen molar-refractivity contribution in [3.8, 4) is 0 Å². The topological polar surface area (TPSA) is 71.5 Å². The normalized spacial score (nSPS) is 11.2. The maximum atomic E-state index is 13.3. The molecule has 0 atom stereocenters. The van der Waals surface area contributed by atoms with Crippen molar-refractivity contribution in [2.75, 3.05) is 0 Å². The summed E-state index contributed by atoms with van der Waals surface area (Å²) in [6.07, 6.45) is 2.86. The first kappa shape index (κ1) is 23.0. The molecule has 4 rings (SSSR count). The van der Waals surface area contributed by atoms with Crippen molar-refractivity contribution in [3.63, 3.8) is 0 Å². The number of amides is 1. The fourth-order valence-corrected chi connectivity index (χ4v) is 3.72. The first-order valence-electron chi connectivity index (χ1n) is 10.1. The molecule has 6 nitrogen and oxygen atoms in total. The van der Waals surface area contributed by atoms with Gasteiger partial charge in [-0.25, -0.2) is 9.37 Å². The van der Waals surface area contributed by atoms with Gasteiger partial charge in [-0.1, -0.05) is 41.4 Å². The van der Waals surface area contributed by atoms with Gasteiger partial charge in [-0.2, -0.15) is 0 Å². The Labute approximate surface area is 199 Å². The van der Waals surface area contributed by atoms with Crippen LogP contribution in [-0.4, -0.2) is 15.8 Å². The van der Waals surface area contributed by atoms with E-state index in [2.05, 4.69) is 10.3 Å². The number of oxazole rings is 1. The van der Waals surface area contributed by atoms with E-state index in [-0.39, 0.29) is 24.0 Å². The van der Waals surface area contributed by atoms with Gasteiger partial charge in [0.2, 0.25) is 5.89 Å². The van der Waals surface area contributed by atoms with E-state index in [9.17, 15) is 9.18 Å². The Morgan fingerprint density at radius 1 is 1.03 bits per heavy atom. The predicted molar refractivity (Wildman–Crippen MR) is 122 cm³/mol. The Kier molecular flexibility index (Phi) is 7.44. The fraction of sp³-hybridized carbons (Fsp3) is 0.167. The lowest BCUT2D eigenvalue weighted by atomic mass is 10.1. The van der Waals surface area contributed by atoms with Gasteiger partial charge in [0.1, 0.15) is 17.8 Å². The quantitative estimate of drug-likeness (QED) is 0.320. The summed E-state index contributed by atoms with van der Waals surface area (Å²) in [5, 5.41) is 3.82. The number of halogens is 3. The predicted octanol–water partition coefficient (Wildman–Crippen LogP) is 5.85. The second-order valence-electron chi connectivity index (χ2n) is 7.40. The van der Waals surface area contributed by atoms with Gasteiger partial charge in [0.25, 0.3) is 5.91 Å². The lowest BCUT2D eigenvalue weighted by molar-refractivity contribution is 0.0943. The van der Waals surface area contributed by atoms with Crippen LogP contribution in [0, 0.1) is 5.82 Å². The van der Waals surface area contributed by atoms with Gasteiger partial charge in [0.05, 0.1) is 19.4 Å². The number of nitrogens with one attached hydrogen (secondary N) is 1. The van der Waals surface area contributed by atoms with E-state index in [0.717, 1.165) is 11.1 Å². The van der Waals surface area contributed by atoms with E-state index in [1.165, 1.54) is 18.4 Å². The van der Waals surface area contributed by atoms with Crippen LogP contribution >= 0.6 is 23.2 Å². The molecule has 0 aliphatic heterocycles. The molecule has 2 aromatic carbocycles. The van der Waals surface area contributed by atoms with E-state index in [0.29, 0.717) is 41.3 Å². The molecule has 0 saturated carbocycles. The summed E-state index contributed by atoms with van der Waals surface area (Å²) in [6.45, 7) is 1.51. The van der Waals surface area contributed by atoms with Gasteiger partial charge in [-0.3, -0.25) is 9.69 Å². The Morgan fingerprint density at radius 3 is 2.58 bits per heavy atom. The zero-order valence-corrected chi connectivity index (χ0v) is 18.9. The Morgan fingerprint density at radius 2 is 1.85 bits per heavy atom. The van der Waals surface area contributed by atoms with Crippen LogP contribution in [0.2, 0.25) is 10.0 Å². The summed E-state index contributed by atoms with van der Waals surface area (Å²) in [6, 6.07) is 15.1. The molecule has 2 heterocycles. The summed E-state index contributed by atoms with van der Waals surface area (Å²) in [4.78, 5) is 18.7. The Hall–Kier alpha value is -3.13. The number of carbonyl (C=O) groups is 1. The van der Waals surface area contributed by atoms with Crippen LogP contribution in [0.1, 0.15) is 33.3 Å². The molecule has 0 unspecified atom stereocenters. The number of furan rings is 1. The lowest BCUT2D eigenvalue weighted by Gasteiger charge is -2.21. The molecule has 0 spiro atoms. The molecule has 1 amide bonds. The molecule has 4 aromatic rings. The van der Waals surface area contributed by atoms with Crippen LogP contribution in [-0.2, 0) is 26.2 Å². The number of nitrogens with zero attached hydrogens (tertiary/aromatic N) is 2. The van der Waals surface area contributed by atoms with E-state index in [4.69, 9.17) is 32.0 Å². The molecule has 0 bridgehead atoms. The molecular formula is C24H20Cl2FN3O3. The first-order valence-corrected chi connectivity index (χ1v) is 10.9. The van der Waals surface area contributed by atoms with Crippen molar-refractivity contribution < 1.29 is 18.0 Å². The highest BCUT2D eigenvalue weighted by molar-refractivity contribution is 6.35. The highest BCUT2D eigenvalue weighted by Gasteiger charge is 2.17. The van der Waals surface area contributed by atoms with Crippen molar-refractivity contribution >= 4 is 29.1 Å². The number of benzene rings is 2. The molecular weight excluding hydrogens is 468 g/mol. The molecule has 0 radical (unpaired) electrons. The van der Waals surface area contributed by atoms with Gasteiger partial charge < -0.3 is 14.2 Å². The van der Waals surface area contributed by atoms with Crippen molar-refractivity contribution in [1.29, 1.82) is 0 Å². The second-order valence-corrected chi connectivity index (χ2v) is 8.24. The molecule has 0 fully saturated rings. The average Bonchev–Trinajstić information content (AvgIpc) is 3.48. The number of aromatic nitrogens is 1. The number of hydrogen-bond donors (Lipinski definition) is 1. The average molecular weight is 488 g/mol. The van der Waals surface area contributed by atoms with E-state index < -0.39 is 0 Å². The van der Waals surface area contributed by atoms with Crippen molar-refractivity contribution in [2.45, 2.75) is 26.2 Å². The standard InChI is InChI=1S/C24H20Cl2FN3O3/c25-18-6-5-17(21(26)10-18)13-30(12-16-3-7-19(27)8-4-16)14-23-29-22(15-33-23)24(31)28-11-20-2-1-9-32-20/h1-10,15H,11-14H2,(H,28,31). The lowest BCUT2D eigenvalue weighted by Crippen LogP contribution is -2.24. The molecule has 2 aromatic heterocycles. The summed E-state index contributed by atoms with van der Waals surface area (Å²) in [7, 11) is 0. The van der Waals surface area contributed by atoms with Gasteiger partial charge in [0.15, 0.2) is 5.69 Å². The van der Waals surface area contributed by atoms with E-state index >= 15 is 0 Å². The third-order valence-corrected chi connectivity index (χ3v) is 5.46. The van der Waals surface area contributed by atoms with Crippen LogP contribution in [0.4, 0.5) is 4.39 Å². The van der Waals surface area contributed by atoms with Crippen molar-refractivity contribution in [1.82, 2.24) is 15.2 Å². The molecule has 9 heteroatoms. The number of carbonyl (C=O) groups excluding carboxylic acids is 1. The van der Waals surface area contributed by atoms with Crippen LogP contribution in [0.25, 0.3) is 0 Å².